The molecule has 0 radical (unpaired) electrons. The van der Waals surface area contributed by atoms with E-state index in [1.54, 1.807) is 0 Å². The van der Waals surface area contributed by atoms with E-state index >= 15 is 0 Å². The minimum atomic E-state index is -0.312. The predicted octanol–water partition coefficient (Wildman–Crippen LogP) is 2.28. The molecule has 0 amide bonds. The zero-order valence-corrected chi connectivity index (χ0v) is 10.7. The van der Waals surface area contributed by atoms with Gasteiger partial charge in [0.1, 0.15) is 0 Å². The molecule has 0 unspecified atom stereocenters. The first-order valence-corrected chi connectivity index (χ1v) is 6.59. The summed E-state index contributed by atoms with van der Waals surface area (Å²) in [5.74, 6) is -0.312. The van der Waals surface area contributed by atoms with Crippen LogP contribution in [0.5, 0.6) is 0 Å². The van der Waals surface area contributed by atoms with E-state index in [2.05, 4.69) is 16.4 Å². The minimum absolute atomic E-state index is 0.312. The van der Waals surface area contributed by atoms with Crippen LogP contribution in [-0.4, -0.2) is 19.1 Å². The van der Waals surface area contributed by atoms with Crippen molar-refractivity contribution in [2.75, 3.05) is 23.5 Å². The van der Waals surface area contributed by atoms with Gasteiger partial charge in [0.25, 0.3) is 0 Å². The molecule has 0 saturated carbocycles. The molecular weight excluding hydrogens is 228 g/mol. The van der Waals surface area contributed by atoms with Gasteiger partial charge in [0, 0.05) is 31.3 Å². The number of hydrogen-bond acceptors (Lipinski definition) is 4. The summed E-state index contributed by atoms with van der Waals surface area (Å²) in [4.78, 5) is 18.3. The number of hydrogen-bond donors (Lipinski definition) is 1. The average molecular weight is 246 g/mol. The van der Waals surface area contributed by atoms with Gasteiger partial charge >= 0.3 is 5.97 Å². The molecule has 0 saturated heterocycles. The van der Waals surface area contributed by atoms with Gasteiger partial charge < -0.3 is 9.74 Å². The first-order valence-electron chi connectivity index (χ1n) is 6.59. The number of nitrogens with one attached hydrogen (secondary N) is 1. The van der Waals surface area contributed by atoms with Gasteiger partial charge in [0.05, 0.1) is 5.69 Å². The third kappa shape index (κ3) is 1.92. The molecule has 1 N–H and O–H groups in total. The molecule has 1 aromatic rings. The van der Waals surface area contributed by atoms with E-state index in [1.807, 2.05) is 6.07 Å². The lowest BCUT2D eigenvalue weighted by Gasteiger charge is -2.37. The fourth-order valence-corrected chi connectivity index (χ4v) is 3.00. The maximum absolute atomic E-state index is 10.9. The summed E-state index contributed by atoms with van der Waals surface area (Å²) < 4.78 is 0. The Morgan fingerprint density at radius 1 is 1.28 bits per heavy atom. The van der Waals surface area contributed by atoms with Crippen LogP contribution in [0.15, 0.2) is 12.1 Å². The largest absolute Gasteiger partial charge is 0.371 e. The highest BCUT2D eigenvalue weighted by Crippen LogP contribution is 2.39. The van der Waals surface area contributed by atoms with E-state index in [-0.39, 0.29) is 5.97 Å². The van der Waals surface area contributed by atoms with Crippen molar-refractivity contribution in [1.29, 1.82) is 0 Å². The Balaban J connectivity index is 1.97. The zero-order chi connectivity index (χ0) is 12.5. The molecule has 18 heavy (non-hydrogen) atoms. The molecule has 2 aliphatic heterocycles. The van der Waals surface area contributed by atoms with Gasteiger partial charge in [-0.05, 0) is 37.3 Å². The molecule has 3 rings (SSSR count). The van der Waals surface area contributed by atoms with Gasteiger partial charge in [-0.15, -0.1) is 0 Å². The molecule has 0 fully saturated rings. The van der Waals surface area contributed by atoms with Gasteiger partial charge in [-0.3, -0.25) is 4.79 Å². The monoisotopic (exact) mass is 246 g/mol. The number of carbonyl (C=O) groups excluding carboxylic acids is 1. The van der Waals surface area contributed by atoms with E-state index in [0.29, 0.717) is 0 Å². The van der Waals surface area contributed by atoms with Crippen LogP contribution in [0.2, 0.25) is 0 Å². The summed E-state index contributed by atoms with van der Waals surface area (Å²) in [6, 6.07) is 4.19. The smallest absolute Gasteiger partial charge is 0.329 e. The van der Waals surface area contributed by atoms with Crippen molar-refractivity contribution >= 4 is 17.3 Å². The third-order valence-corrected chi connectivity index (χ3v) is 3.72. The van der Waals surface area contributed by atoms with E-state index in [1.165, 1.54) is 36.6 Å². The number of rotatable bonds is 2. The van der Waals surface area contributed by atoms with E-state index in [4.69, 9.17) is 4.84 Å². The molecule has 1 aromatic carbocycles. The van der Waals surface area contributed by atoms with Crippen molar-refractivity contribution in [3.05, 3.63) is 23.3 Å². The van der Waals surface area contributed by atoms with Crippen LogP contribution in [0.3, 0.4) is 0 Å². The van der Waals surface area contributed by atoms with Crippen LogP contribution in [0, 0.1) is 0 Å². The maximum Gasteiger partial charge on any atom is 0.329 e. The number of anilines is 2. The summed E-state index contributed by atoms with van der Waals surface area (Å²) in [6.07, 6.45) is 4.63. The topological polar surface area (TPSA) is 41.6 Å². The summed E-state index contributed by atoms with van der Waals surface area (Å²) in [5, 5.41) is 0. The van der Waals surface area contributed by atoms with E-state index < -0.39 is 0 Å². The molecular formula is C14H18N2O2. The number of carbonyl (C=O) groups is 1. The van der Waals surface area contributed by atoms with E-state index in [0.717, 1.165) is 31.6 Å². The van der Waals surface area contributed by atoms with Crippen LogP contribution < -0.4 is 10.4 Å². The third-order valence-electron chi connectivity index (χ3n) is 3.72. The summed E-state index contributed by atoms with van der Waals surface area (Å²) >= 11 is 0. The fraction of sp³-hybridized carbons (Fsp3) is 0.500. The van der Waals surface area contributed by atoms with Crippen LogP contribution in [0.4, 0.5) is 11.4 Å². The normalized spacial score (nSPS) is 17.1. The summed E-state index contributed by atoms with van der Waals surface area (Å²) in [6.45, 7) is 3.71. The zero-order valence-electron chi connectivity index (χ0n) is 10.7. The lowest BCUT2D eigenvalue weighted by molar-refractivity contribution is -0.138. The Bertz CT molecular complexity index is 483. The van der Waals surface area contributed by atoms with Gasteiger partial charge in [-0.2, -0.15) is 0 Å². The minimum Gasteiger partial charge on any atom is -0.371 e. The Morgan fingerprint density at radius 2 is 2.06 bits per heavy atom. The summed E-state index contributed by atoms with van der Waals surface area (Å²) in [7, 11) is 0. The van der Waals surface area contributed by atoms with Crippen molar-refractivity contribution < 1.29 is 9.63 Å². The second-order valence-electron chi connectivity index (χ2n) is 4.99. The van der Waals surface area contributed by atoms with Crippen LogP contribution >= 0.6 is 0 Å². The van der Waals surface area contributed by atoms with Crippen molar-refractivity contribution in [2.45, 2.75) is 32.6 Å². The molecule has 4 heteroatoms. The van der Waals surface area contributed by atoms with Crippen LogP contribution in [0.25, 0.3) is 0 Å². The summed E-state index contributed by atoms with van der Waals surface area (Å²) in [5.41, 5.74) is 7.85. The highest BCUT2D eigenvalue weighted by molar-refractivity contribution is 5.73. The lowest BCUT2D eigenvalue weighted by Crippen LogP contribution is -2.34. The maximum atomic E-state index is 10.9. The average Bonchev–Trinajstić information content (AvgIpc) is 2.38. The van der Waals surface area contributed by atoms with Crippen molar-refractivity contribution in [1.82, 2.24) is 0 Å². The molecule has 2 aliphatic rings. The highest BCUT2D eigenvalue weighted by Gasteiger charge is 2.25. The first kappa shape index (κ1) is 11.4. The Hall–Kier alpha value is -1.71. The molecule has 4 nitrogen and oxygen atoms in total. The number of benzene rings is 1. The van der Waals surface area contributed by atoms with Crippen molar-refractivity contribution in [3.63, 3.8) is 0 Å². The molecule has 0 atom stereocenters. The van der Waals surface area contributed by atoms with Crippen LogP contribution in [0.1, 0.15) is 30.9 Å². The molecule has 0 bridgehead atoms. The van der Waals surface area contributed by atoms with E-state index in [9.17, 15) is 4.79 Å². The molecule has 0 spiro atoms. The van der Waals surface area contributed by atoms with Gasteiger partial charge in [0.15, 0.2) is 0 Å². The highest BCUT2D eigenvalue weighted by atomic mass is 16.7. The van der Waals surface area contributed by atoms with Gasteiger partial charge in [-0.1, -0.05) is 6.07 Å². The van der Waals surface area contributed by atoms with Crippen LogP contribution in [-0.2, 0) is 22.5 Å². The van der Waals surface area contributed by atoms with Crippen molar-refractivity contribution in [3.8, 4) is 0 Å². The number of nitrogens with zero attached hydrogens (tertiary/aromatic N) is 1. The van der Waals surface area contributed by atoms with Gasteiger partial charge in [-0.25, -0.2) is 5.48 Å². The first-order chi connectivity index (χ1) is 8.75. The molecule has 96 valence electrons. The lowest BCUT2D eigenvalue weighted by atomic mass is 9.91. The quantitative estimate of drug-likeness (QED) is 0.813. The number of aryl methyl sites for hydroxylation is 1. The Morgan fingerprint density at radius 3 is 2.83 bits per heavy atom. The Kier molecular flexibility index (Phi) is 2.86. The SMILES string of the molecule is CC(=O)ONc1ccc2c3c1CCCN3CCC2. The Labute approximate surface area is 107 Å². The molecule has 0 aromatic heterocycles. The molecule has 0 aliphatic carbocycles. The fourth-order valence-electron chi connectivity index (χ4n) is 3.00. The predicted molar refractivity (Wildman–Crippen MR) is 70.7 cm³/mol. The standard InChI is InChI=1S/C14H18N2O2/c1-10(17)18-15-13-7-6-11-4-2-8-16-9-3-5-12(13)14(11)16/h6-7,15H,2-5,8-9H2,1H3. The van der Waals surface area contributed by atoms with Crippen molar-refractivity contribution in [2.24, 2.45) is 0 Å². The second kappa shape index (κ2) is 4.52. The second-order valence-corrected chi connectivity index (χ2v) is 4.99. The molecule has 2 heterocycles. The van der Waals surface area contributed by atoms with Gasteiger partial charge in [0.2, 0.25) is 0 Å².